The maximum absolute atomic E-state index is 6.02. The molecule has 0 bridgehead atoms. The molecule has 1 unspecified atom stereocenters. The van der Waals surface area contributed by atoms with Crippen LogP contribution in [0.2, 0.25) is 0 Å². The molecule has 4 heteroatoms. The van der Waals surface area contributed by atoms with Gasteiger partial charge in [-0.05, 0) is 38.6 Å². The molecule has 0 spiro atoms. The molecule has 0 amide bonds. The van der Waals surface area contributed by atoms with Crippen LogP contribution in [0.15, 0.2) is 34.9 Å². The van der Waals surface area contributed by atoms with E-state index in [1.165, 1.54) is 10.4 Å². The molecule has 0 fully saturated rings. The second-order valence-electron chi connectivity index (χ2n) is 4.96. The Labute approximate surface area is 122 Å². The average Bonchev–Trinajstić information content (AvgIpc) is 3.01. The summed E-state index contributed by atoms with van der Waals surface area (Å²) in [4.78, 5) is 5.54. The number of nitrogens with zero attached hydrogens (tertiary/aromatic N) is 1. The van der Waals surface area contributed by atoms with Crippen molar-refractivity contribution < 1.29 is 4.42 Å². The third kappa shape index (κ3) is 2.49. The zero-order valence-electron chi connectivity index (χ0n) is 11.9. The van der Waals surface area contributed by atoms with Gasteiger partial charge in [-0.2, -0.15) is 0 Å². The summed E-state index contributed by atoms with van der Waals surface area (Å²) in [5.74, 6) is 0.955. The summed E-state index contributed by atoms with van der Waals surface area (Å²) in [6.07, 6.45) is 1.94. The van der Waals surface area contributed by atoms with Crippen LogP contribution >= 0.6 is 11.3 Å². The van der Waals surface area contributed by atoms with Crippen LogP contribution < -0.4 is 5.32 Å². The Morgan fingerprint density at radius 1 is 1.30 bits per heavy atom. The van der Waals surface area contributed by atoms with Crippen molar-refractivity contribution in [3.63, 3.8) is 0 Å². The second-order valence-corrected chi connectivity index (χ2v) is 6.23. The summed E-state index contributed by atoms with van der Waals surface area (Å²) in [6, 6.07) is 8.48. The van der Waals surface area contributed by atoms with Gasteiger partial charge in [0.25, 0.3) is 0 Å². The van der Waals surface area contributed by atoms with Crippen molar-refractivity contribution in [2.24, 2.45) is 0 Å². The number of hydrogen-bond donors (Lipinski definition) is 1. The van der Waals surface area contributed by atoms with E-state index in [4.69, 9.17) is 4.42 Å². The average molecular weight is 286 g/mol. The van der Waals surface area contributed by atoms with Crippen molar-refractivity contribution in [1.29, 1.82) is 0 Å². The molecule has 2 heterocycles. The van der Waals surface area contributed by atoms with Crippen molar-refractivity contribution in [1.82, 2.24) is 10.3 Å². The number of benzene rings is 1. The first kappa shape index (κ1) is 13.3. The number of aryl methyl sites for hydroxylation is 2. The van der Waals surface area contributed by atoms with Gasteiger partial charge in [0.05, 0.1) is 5.01 Å². The first-order valence-corrected chi connectivity index (χ1v) is 7.65. The molecule has 104 valence electrons. The molecule has 0 aliphatic heterocycles. The Bertz CT molecular complexity index is 729. The standard InChI is InChI=1S/C16H18N2OS/c1-4-17-16(15-9-18-11(3)20-15)14-8-12-7-10(2)5-6-13(12)19-14/h5-9,16-17H,4H2,1-3H3. The summed E-state index contributed by atoms with van der Waals surface area (Å²) in [6.45, 7) is 7.12. The molecule has 1 atom stereocenters. The van der Waals surface area contributed by atoms with E-state index in [9.17, 15) is 0 Å². The zero-order chi connectivity index (χ0) is 14.1. The smallest absolute Gasteiger partial charge is 0.134 e. The number of thiazole rings is 1. The van der Waals surface area contributed by atoms with E-state index >= 15 is 0 Å². The van der Waals surface area contributed by atoms with Crippen molar-refractivity contribution in [3.8, 4) is 0 Å². The summed E-state index contributed by atoms with van der Waals surface area (Å²) >= 11 is 1.71. The maximum Gasteiger partial charge on any atom is 0.134 e. The lowest BCUT2D eigenvalue weighted by Gasteiger charge is -2.12. The van der Waals surface area contributed by atoms with Gasteiger partial charge in [0.1, 0.15) is 17.4 Å². The van der Waals surface area contributed by atoms with E-state index in [2.05, 4.69) is 42.3 Å². The van der Waals surface area contributed by atoms with Crippen LogP contribution in [0.5, 0.6) is 0 Å². The van der Waals surface area contributed by atoms with Crippen LogP contribution in [-0.2, 0) is 0 Å². The topological polar surface area (TPSA) is 38.1 Å². The molecule has 1 N–H and O–H groups in total. The van der Waals surface area contributed by atoms with Gasteiger partial charge in [0.15, 0.2) is 0 Å². The van der Waals surface area contributed by atoms with Crippen LogP contribution in [-0.4, -0.2) is 11.5 Å². The number of rotatable bonds is 4. The molecule has 0 saturated carbocycles. The summed E-state index contributed by atoms with van der Waals surface area (Å²) in [5.41, 5.74) is 2.19. The minimum absolute atomic E-state index is 0.0823. The van der Waals surface area contributed by atoms with Gasteiger partial charge in [-0.1, -0.05) is 18.6 Å². The lowest BCUT2D eigenvalue weighted by Crippen LogP contribution is -2.20. The number of furan rings is 1. The molecule has 3 aromatic rings. The van der Waals surface area contributed by atoms with E-state index in [0.29, 0.717) is 0 Å². The fraction of sp³-hybridized carbons (Fsp3) is 0.312. The number of fused-ring (bicyclic) bond motifs is 1. The predicted molar refractivity (Wildman–Crippen MR) is 83.3 cm³/mol. The summed E-state index contributed by atoms with van der Waals surface area (Å²) in [7, 11) is 0. The lowest BCUT2D eigenvalue weighted by molar-refractivity contribution is 0.480. The third-order valence-electron chi connectivity index (χ3n) is 3.31. The highest BCUT2D eigenvalue weighted by atomic mass is 32.1. The Hall–Kier alpha value is -1.65. The first-order chi connectivity index (χ1) is 9.67. The van der Waals surface area contributed by atoms with Crippen molar-refractivity contribution in [3.05, 3.63) is 51.7 Å². The normalized spacial score (nSPS) is 12.9. The monoisotopic (exact) mass is 286 g/mol. The number of hydrogen-bond acceptors (Lipinski definition) is 4. The molecule has 0 saturated heterocycles. The minimum atomic E-state index is 0.0823. The highest BCUT2D eigenvalue weighted by Gasteiger charge is 2.19. The SMILES string of the molecule is CCNC(c1cc2cc(C)ccc2o1)c1cnc(C)s1. The van der Waals surface area contributed by atoms with Crippen LogP contribution in [0.3, 0.4) is 0 Å². The lowest BCUT2D eigenvalue weighted by atomic mass is 10.1. The van der Waals surface area contributed by atoms with Gasteiger partial charge in [0.2, 0.25) is 0 Å². The zero-order valence-corrected chi connectivity index (χ0v) is 12.8. The largest absolute Gasteiger partial charge is 0.459 e. The molecule has 2 aromatic heterocycles. The highest BCUT2D eigenvalue weighted by molar-refractivity contribution is 7.11. The molecular weight excluding hydrogens is 268 g/mol. The van der Waals surface area contributed by atoms with Gasteiger partial charge in [0, 0.05) is 16.5 Å². The second kappa shape index (κ2) is 5.38. The molecule has 1 aromatic carbocycles. The quantitative estimate of drug-likeness (QED) is 0.781. The van der Waals surface area contributed by atoms with Gasteiger partial charge in [-0.3, -0.25) is 0 Å². The summed E-state index contributed by atoms with van der Waals surface area (Å²) in [5, 5.41) is 5.72. The van der Waals surface area contributed by atoms with Crippen molar-refractivity contribution in [2.75, 3.05) is 6.54 Å². The van der Waals surface area contributed by atoms with Crippen LogP contribution in [0.1, 0.15) is 34.2 Å². The molecular formula is C16H18N2OS. The Balaban J connectivity index is 2.04. The first-order valence-electron chi connectivity index (χ1n) is 6.83. The van der Waals surface area contributed by atoms with Crippen LogP contribution in [0.25, 0.3) is 11.0 Å². The van der Waals surface area contributed by atoms with E-state index in [-0.39, 0.29) is 6.04 Å². The van der Waals surface area contributed by atoms with Gasteiger partial charge in [-0.15, -0.1) is 11.3 Å². The molecule has 0 aliphatic rings. The fourth-order valence-electron chi connectivity index (χ4n) is 2.38. The Morgan fingerprint density at radius 3 is 2.85 bits per heavy atom. The van der Waals surface area contributed by atoms with Crippen molar-refractivity contribution in [2.45, 2.75) is 26.8 Å². The highest BCUT2D eigenvalue weighted by Crippen LogP contribution is 2.31. The van der Waals surface area contributed by atoms with E-state index < -0.39 is 0 Å². The van der Waals surface area contributed by atoms with E-state index in [0.717, 1.165) is 28.3 Å². The molecule has 3 nitrogen and oxygen atoms in total. The van der Waals surface area contributed by atoms with Gasteiger partial charge in [-0.25, -0.2) is 4.98 Å². The van der Waals surface area contributed by atoms with E-state index in [1.54, 1.807) is 11.3 Å². The van der Waals surface area contributed by atoms with E-state index in [1.807, 2.05) is 19.2 Å². The summed E-state index contributed by atoms with van der Waals surface area (Å²) < 4.78 is 6.02. The third-order valence-corrected chi connectivity index (χ3v) is 4.28. The number of aromatic nitrogens is 1. The van der Waals surface area contributed by atoms with Gasteiger partial charge < -0.3 is 9.73 Å². The molecule has 20 heavy (non-hydrogen) atoms. The molecule has 3 rings (SSSR count). The Morgan fingerprint density at radius 2 is 2.15 bits per heavy atom. The predicted octanol–water partition coefficient (Wildman–Crippen LogP) is 4.21. The maximum atomic E-state index is 6.02. The van der Waals surface area contributed by atoms with Crippen molar-refractivity contribution >= 4 is 22.3 Å². The van der Waals surface area contributed by atoms with Gasteiger partial charge >= 0.3 is 0 Å². The number of nitrogens with one attached hydrogen (secondary N) is 1. The van der Waals surface area contributed by atoms with Crippen LogP contribution in [0.4, 0.5) is 0 Å². The van der Waals surface area contributed by atoms with Crippen LogP contribution in [0, 0.1) is 13.8 Å². The molecule has 0 radical (unpaired) electrons. The molecule has 0 aliphatic carbocycles. The Kier molecular flexibility index (Phi) is 3.59. The fourth-order valence-corrected chi connectivity index (χ4v) is 3.25. The minimum Gasteiger partial charge on any atom is -0.459 e.